The van der Waals surface area contributed by atoms with Crippen LogP contribution in [0.1, 0.15) is 87.5 Å². The van der Waals surface area contributed by atoms with Crippen LogP contribution in [0.4, 0.5) is 0 Å². The highest BCUT2D eigenvalue weighted by molar-refractivity contribution is 5.97. The highest BCUT2D eigenvalue weighted by atomic mass is 16.4. The molecule has 5 atom stereocenters. The Bertz CT molecular complexity index is 919. The van der Waals surface area contributed by atoms with E-state index < -0.39 is 72.1 Å². The lowest BCUT2D eigenvalue weighted by atomic mass is 9.97. The molecule has 4 unspecified atom stereocenters. The van der Waals surface area contributed by atoms with E-state index in [1.165, 1.54) is 0 Å². The zero-order chi connectivity index (χ0) is 30.7. The van der Waals surface area contributed by atoms with Crippen molar-refractivity contribution in [3.8, 4) is 0 Å². The van der Waals surface area contributed by atoms with E-state index in [1.807, 2.05) is 55.4 Å². The summed E-state index contributed by atoms with van der Waals surface area (Å²) in [6.45, 7) is 15.0. The summed E-state index contributed by atoms with van der Waals surface area (Å²) in [5, 5.41) is 22.8. The minimum atomic E-state index is -1.57. The standard InChI is InChI=1S/C28H49N5O7/c1-14(2)9-18-24(35)30-19(10-15(3)4)25(36)31-20(11-16(5)6)26(37)32-21(12-17(7)8)27(38)33-22(28(39)40)13-23(34)29-18/h14-22H,9-13H2,1-8H3,(H,29,34)(H,30,35)(H,31,36)(H,32,37)(H,33,38)(H,39,40)/t18?,19?,20?,21-,22?/m0/s1. The fraction of sp³-hybridized carbons (Fsp3) is 0.786. The van der Waals surface area contributed by atoms with Crippen LogP contribution < -0.4 is 26.6 Å². The van der Waals surface area contributed by atoms with Gasteiger partial charge >= 0.3 is 5.97 Å². The van der Waals surface area contributed by atoms with Crippen LogP contribution in [0.25, 0.3) is 0 Å². The Morgan fingerprint density at radius 1 is 0.575 bits per heavy atom. The van der Waals surface area contributed by atoms with Crippen LogP contribution in [0.5, 0.6) is 0 Å². The normalized spacial score (nSPS) is 25.9. The molecule has 0 aromatic heterocycles. The molecule has 1 aliphatic heterocycles. The maximum atomic E-state index is 13.4. The van der Waals surface area contributed by atoms with Gasteiger partial charge in [-0.1, -0.05) is 55.4 Å². The molecule has 12 heteroatoms. The molecule has 1 saturated heterocycles. The summed E-state index contributed by atoms with van der Waals surface area (Å²) >= 11 is 0. The van der Waals surface area contributed by atoms with Gasteiger partial charge in [-0.3, -0.25) is 24.0 Å². The van der Waals surface area contributed by atoms with E-state index in [-0.39, 0.29) is 49.4 Å². The van der Waals surface area contributed by atoms with E-state index in [2.05, 4.69) is 26.6 Å². The van der Waals surface area contributed by atoms with Crippen molar-refractivity contribution in [3.05, 3.63) is 0 Å². The van der Waals surface area contributed by atoms with Crippen molar-refractivity contribution in [2.75, 3.05) is 0 Å². The van der Waals surface area contributed by atoms with Gasteiger partial charge in [0.25, 0.3) is 0 Å². The second kappa shape index (κ2) is 16.2. The number of rotatable bonds is 9. The van der Waals surface area contributed by atoms with Crippen LogP contribution >= 0.6 is 0 Å². The van der Waals surface area contributed by atoms with Crippen molar-refractivity contribution in [2.24, 2.45) is 23.7 Å². The van der Waals surface area contributed by atoms with Crippen LogP contribution in [0.15, 0.2) is 0 Å². The maximum Gasteiger partial charge on any atom is 0.326 e. The fourth-order valence-electron chi connectivity index (χ4n) is 4.54. The van der Waals surface area contributed by atoms with Gasteiger partial charge in [0.15, 0.2) is 0 Å². The molecule has 0 aliphatic carbocycles. The molecule has 6 N–H and O–H groups in total. The monoisotopic (exact) mass is 567 g/mol. The van der Waals surface area contributed by atoms with Crippen molar-refractivity contribution < 1.29 is 33.9 Å². The third-order valence-corrected chi connectivity index (χ3v) is 6.38. The Morgan fingerprint density at radius 3 is 1.12 bits per heavy atom. The van der Waals surface area contributed by atoms with Gasteiger partial charge in [0.1, 0.15) is 30.2 Å². The summed E-state index contributed by atoms with van der Waals surface area (Å²) in [7, 11) is 0. The number of carbonyl (C=O) groups is 6. The number of carboxylic acid groups (broad SMARTS) is 1. The molecular weight excluding hydrogens is 518 g/mol. The Kier molecular flexibility index (Phi) is 14.1. The van der Waals surface area contributed by atoms with Gasteiger partial charge < -0.3 is 31.7 Å². The van der Waals surface area contributed by atoms with Crippen molar-refractivity contribution in [1.29, 1.82) is 0 Å². The molecule has 0 radical (unpaired) electrons. The number of amides is 5. The third kappa shape index (κ3) is 12.3. The summed E-state index contributed by atoms with van der Waals surface area (Å²) in [6, 6.07) is -5.66. The van der Waals surface area contributed by atoms with Gasteiger partial charge in [-0.2, -0.15) is 0 Å². The molecule has 5 amide bonds. The Labute approximate surface area is 237 Å². The van der Waals surface area contributed by atoms with Gasteiger partial charge in [-0.05, 0) is 49.4 Å². The molecule has 0 aromatic carbocycles. The molecule has 40 heavy (non-hydrogen) atoms. The lowest BCUT2D eigenvalue weighted by Crippen LogP contribution is -2.60. The summed E-state index contributed by atoms with van der Waals surface area (Å²) in [5.74, 6) is -4.65. The maximum absolute atomic E-state index is 13.4. The van der Waals surface area contributed by atoms with E-state index in [9.17, 15) is 33.9 Å². The first-order valence-corrected chi connectivity index (χ1v) is 14.2. The molecule has 228 valence electrons. The van der Waals surface area contributed by atoms with E-state index in [4.69, 9.17) is 0 Å². The molecule has 1 aliphatic rings. The Hall–Kier alpha value is -3.18. The quantitative estimate of drug-likeness (QED) is 0.241. The first-order chi connectivity index (χ1) is 18.5. The van der Waals surface area contributed by atoms with Crippen LogP contribution in [0.3, 0.4) is 0 Å². The molecule has 1 fully saturated rings. The first kappa shape index (κ1) is 34.8. The van der Waals surface area contributed by atoms with Crippen LogP contribution in [-0.4, -0.2) is 70.8 Å². The predicted molar refractivity (Wildman–Crippen MR) is 150 cm³/mol. The molecule has 12 nitrogen and oxygen atoms in total. The van der Waals surface area contributed by atoms with Crippen molar-refractivity contribution >= 4 is 35.5 Å². The topological polar surface area (TPSA) is 183 Å². The largest absolute Gasteiger partial charge is 0.480 e. The van der Waals surface area contributed by atoms with Crippen LogP contribution in [0, 0.1) is 23.7 Å². The van der Waals surface area contributed by atoms with Crippen molar-refractivity contribution in [3.63, 3.8) is 0 Å². The Morgan fingerprint density at radius 2 is 0.850 bits per heavy atom. The first-order valence-electron chi connectivity index (χ1n) is 14.2. The average Bonchev–Trinajstić information content (AvgIpc) is 2.79. The molecule has 0 spiro atoms. The highest BCUT2D eigenvalue weighted by Crippen LogP contribution is 2.13. The van der Waals surface area contributed by atoms with Crippen molar-refractivity contribution in [2.45, 2.75) is 118 Å². The van der Waals surface area contributed by atoms with E-state index in [0.717, 1.165) is 0 Å². The minimum absolute atomic E-state index is 0.00935. The van der Waals surface area contributed by atoms with E-state index >= 15 is 0 Å². The Balaban J connectivity index is 3.56. The van der Waals surface area contributed by atoms with Gasteiger partial charge in [0, 0.05) is 0 Å². The number of carboxylic acids is 1. The number of aliphatic carboxylic acids is 1. The smallest absolute Gasteiger partial charge is 0.326 e. The van der Waals surface area contributed by atoms with Gasteiger partial charge in [-0.25, -0.2) is 4.79 Å². The van der Waals surface area contributed by atoms with Crippen molar-refractivity contribution in [1.82, 2.24) is 26.6 Å². The molecule has 0 aromatic rings. The summed E-state index contributed by atoms with van der Waals surface area (Å²) < 4.78 is 0. The summed E-state index contributed by atoms with van der Waals surface area (Å²) in [6.07, 6.45) is 0.403. The molecular formula is C28H49N5O7. The molecule has 0 bridgehead atoms. The zero-order valence-electron chi connectivity index (χ0n) is 25.1. The predicted octanol–water partition coefficient (Wildman–Crippen LogP) is 1.08. The second-order valence-corrected chi connectivity index (χ2v) is 12.4. The van der Waals surface area contributed by atoms with Crippen LogP contribution in [-0.2, 0) is 28.8 Å². The highest BCUT2D eigenvalue weighted by Gasteiger charge is 2.35. The summed E-state index contributed by atoms with van der Waals surface area (Å²) in [5.41, 5.74) is 0. The lowest BCUT2D eigenvalue weighted by molar-refractivity contribution is -0.144. The molecule has 1 rings (SSSR count). The fourth-order valence-corrected chi connectivity index (χ4v) is 4.54. The number of hydrogen-bond donors (Lipinski definition) is 6. The SMILES string of the molecule is CC(C)CC1NC(=O)CC(C(=O)O)NC(=O)[C@H](CC(C)C)NC(=O)C(CC(C)C)NC(=O)C(CC(C)C)NC1=O. The van der Waals surface area contributed by atoms with Crippen LogP contribution in [0.2, 0.25) is 0 Å². The third-order valence-electron chi connectivity index (χ3n) is 6.38. The van der Waals surface area contributed by atoms with Gasteiger partial charge in [0.2, 0.25) is 29.5 Å². The zero-order valence-corrected chi connectivity index (χ0v) is 25.1. The number of hydrogen-bond acceptors (Lipinski definition) is 6. The lowest BCUT2D eigenvalue weighted by Gasteiger charge is -2.29. The van der Waals surface area contributed by atoms with E-state index in [0.29, 0.717) is 0 Å². The van der Waals surface area contributed by atoms with E-state index in [1.54, 1.807) is 0 Å². The molecule has 1 heterocycles. The summed E-state index contributed by atoms with van der Waals surface area (Å²) in [4.78, 5) is 78.1. The number of nitrogens with one attached hydrogen (secondary N) is 5. The molecule has 0 saturated carbocycles. The van der Waals surface area contributed by atoms with Gasteiger partial charge in [0.05, 0.1) is 6.42 Å². The number of carbonyl (C=O) groups excluding carboxylic acids is 5. The minimum Gasteiger partial charge on any atom is -0.480 e. The average molecular weight is 568 g/mol. The second-order valence-electron chi connectivity index (χ2n) is 12.4. The van der Waals surface area contributed by atoms with Gasteiger partial charge in [-0.15, -0.1) is 0 Å².